The fourth-order valence-corrected chi connectivity index (χ4v) is 2.86. The van der Waals surface area contributed by atoms with Gasteiger partial charge in [-0.15, -0.1) is 0 Å². The van der Waals surface area contributed by atoms with E-state index in [1.165, 1.54) is 11.1 Å². The van der Waals surface area contributed by atoms with E-state index < -0.39 is 0 Å². The highest BCUT2D eigenvalue weighted by atomic mass is 15.3. The van der Waals surface area contributed by atoms with Gasteiger partial charge in [0.1, 0.15) is 12.1 Å². The Kier molecular flexibility index (Phi) is 5.63. The summed E-state index contributed by atoms with van der Waals surface area (Å²) in [6.07, 6.45) is 7.19. The Morgan fingerprint density at radius 3 is 2.69 bits per heavy atom. The van der Waals surface area contributed by atoms with Gasteiger partial charge in [-0.05, 0) is 24.1 Å². The fraction of sp³-hybridized carbons (Fsp3) is 0.250. The molecule has 0 bridgehead atoms. The second kappa shape index (κ2) is 8.29. The van der Waals surface area contributed by atoms with Crippen LogP contribution in [0.1, 0.15) is 16.7 Å². The zero-order chi connectivity index (χ0) is 18.4. The van der Waals surface area contributed by atoms with Crippen LogP contribution < -0.4 is 5.32 Å². The van der Waals surface area contributed by atoms with Crippen LogP contribution in [0.25, 0.3) is 5.82 Å². The number of benzene rings is 1. The van der Waals surface area contributed by atoms with Crippen LogP contribution in [0.4, 0.5) is 0 Å². The third-order valence-corrected chi connectivity index (χ3v) is 4.30. The largest absolute Gasteiger partial charge is 0.352 e. The molecule has 3 aromatic rings. The lowest BCUT2D eigenvalue weighted by Crippen LogP contribution is -2.38. The number of imidazole rings is 1. The van der Waals surface area contributed by atoms with Crippen LogP contribution in [0, 0.1) is 6.92 Å². The highest BCUT2D eigenvalue weighted by molar-refractivity contribution is 5.79. The first-order valence-corrected chi connectivity index (χ1v) is 8.57. The zero-order valence-electron chi connectivity index (χ0n) is 15.4. The predicted molar refractivity (Wildman–Crippen MR) is 104 cm³/mol. The molecular formula is C20H24N6. The molecule has 0 unspecified atom stereocenters. The molecule has 2 heterocycles. The molecule has 2 aromatic heterocycles. The van der Waals surface area contributed by atoms with Crippen molar-refractivity contribution in [2.24, 2.45) is 4.99 Å². The summed E-state index contributed by atoms with van der Waals surface area (Å²) in [6, 6.07) is 12.4. The zero-order valence-corrected chi connectivity index (χ0v) is 15.4. The maximum absolute atomic E-state index is 4.48. The summed E-state index contributed by atoms with van der Waals surface area (Å²) in [5, 5.41) is 3.43. The van der Waals surface area contributed by atoms with Gasteiger partial charge in [-0.3, -0.25) is 9.56 Å². The van der Waals surface area contributed by atoms with Crippen LogP contribution in [-0.2, 0) is 13.1 Å². The fourth-order valence-electron chi connectivity index (χ4n) is 2.86. The van der Waals surface area contributed by atoms with Crippen LogP contribution in [0.3, 0.4) is 0 Å². The quantitative estimate of drug-likeness (QED) is 0.569. The number of pyridine rings is 1. The van der Waals surface area contributed by atoms with E-state index in [9.17, 15) is 0 Å². The lowest BCUT2D eigenvalue weighted by atomic mass is 10.1. The highest BCUT2D eigenvalue weighted by Gasteiger charge is 2.10. The van der Waals surface area contributed by atoms with Gasteiger partial charge in [-0.1, -0.05) is 30.3 Å². The number of guanidine groups is 1. The molecule has 26 heavy (non-hydrogen) atoms. The Labute approximate surface area is 154 Å². The van der Waals surface area contributed by atoms with E-state index in [0.29, 0.717) is 6.54 Å². The van der Waals surface area contributed by atoms with Gasteiger partial charge in [-0.2, -0.15) is 0 Å². The van der Waals surface area contributed by atoms with Crippen LogP contribution in [-0.4, -0.2) is 39.5 Å². The number of aryl methyl sites for hydroxylation is 1. The molecule has 0 spiro atoms. The molecule has 0 saturated carbocycles. The third-order valence-electron chi connectivity index (χ3n) is 4.30. The summed E-state index contributed by atoms with van der Waals surface area (Å²) in [5.74, 6) is 1.71. The first-order chi connectivity index (χ1) is 12.7. The molecular weight excluding hydrogens is 324 g/mol. The van der Waals surface area contributed by atoms with E-state index in [1.54, 1.807) is 25.8 Å². The van der Waals surface area contributed by atoms with Gasteiger partial charge in [-0.25, -0.2) is 9.97 Å². The molecule has 3 rings (SSSR count). The van der Waals surface area contributed by atoms with Crippen molar-refractivity contribution in [1.29, 1.82) is 0 Å². The molecule has 0 radical (unpaired) electrons. The Bertz CT molecular complexity index is 870. The summed E-state index contributed by atoms with van der Waals surface area (Å²) >= 11 is 0. The first kappa shape index (κ1) is 17.7. The number of aromatic nitrogens is 3. The molecule has 6 nitrogen and oxygen atoms in total. The third kappa shape index (κ3) is 4.08. The minimum absolute atomic E-state index is 0.631. The second-order valence-corrected chi connectivity index (χ2v) is 6.14. The van der Waals surface area contributed by atoms with E-state index in [-0.39, 0.29) is 0 Å². The van der Waals surface area contributed by atoms with Crippen molar-refractivity contribution in [3.8, 4) is 5.82 Å². The Morgan fingerprint density at radius 2 is 1.96 bits per heavy atom. The minimum Gasteiger partial charge on any atom is -0.352 e. The van der Waals surface area contributed by atoms with Crippen LogP contribution in [0.2, 0.25) is 0 Å². The molecule has 6 heteroatoms. The lowest BCUT2D eigenvalue weighted by Gasteiger charge is -2.23. The molecule has 1 aromatic carbocycles. The van der Waals surface area contributed by atoms with E-state index in [1.807, 2.05) is 23.9 Å². The van der Waals surface area contributed by atoms with Crippen molar-refractivity contribution in [1.82, 2.24) is 24.8 Å². The van der Waals surface area contributed by atoms with Gasteiger partial charge >= 0.3 is 0 Å². The molecule has 0 fully saturated rings. The number of nitrogens with zero attached hydrogens (tertiary/aromatic N) is 5. The maximum Gasteiger partial charge on any atom is 0.193 e. The molecule has 0 aliphatic heterocycles. The Balaban J connectivity index is 1.69. The highest BCUT2D eigenvalue weighted by Crippen LogP contribution is 2.12. The summed E-state index contributed by atoms with van der Waals surface area (Å²) in [7, 11) is 3.85. The molecule has 0 saturated heterocycles. The average Bonchev–Trinajstić information content (AvgIpc) is 3.19. The maximum atomic E-state index is 4.48. The molecule has 0 aliphatic rings. The van der Waals surface area contributed by atoms with Gasteiger partial charge < -0.3 is 10.2 Å². The van der Waals surface area contributed by atoms with Gasteiger partial charge in [0, 0.05) is 51.3 Å². The Morgan fingerprint density at radius 1 is 1.15 bits per heavy atom. The minimum atomic E-state index is 0.631. The van der Waals surface area contributed by atoms with E-state index in [0.717, 1.165) is 23.9 Å². The van der Waals surface area contributed by atoms with E-state index in [2.05, 4.69) is 62.4 Å². The van der Waals surface area contributed by atoms with Gasteiger partial charge in [0.25, 0.3) is 0 Å². The number of hydrogen-bond donors (Lipinski definition) is 1. The lowest BCUT2D eigenvalue weighted by molar-refractivity contribution is 0.475. The first-order valence-electron chi connectivity index (χ1n) is 8.57. The SMILES string of the molecule is CN=C(NCc1cccnc1-n1ccnc1)N(C)Cc1ccccc1C. The van der Waals surface area contributed by atoms with Crippen molar-refractivity contribution in [3.05, 3.63) is 78.0 Å². The van der Waals surface area contributed by atoms with Crippen LogP contribution in [0.15, 0.2) is 66.3 Å². The van der Waals surface area contributed by atoms with Crippen LogP contribution in [0.5, 0.6) is 0 Å². The molecule has 0 atom stereocenters. The Hall–Kier alpha value is -3.15. The van der Waals surface area contributed by atoms with Crippen LogP contribution >= 0.6 is 0 Å². The van der Waals surface area contributed by atoms with E-state index >= 15 is 0 Å². The number of hydrogen-bond acceptors (Lipinski definition) is 3. The molecule has 134 valence electrons. The summed E-state index contributed by atoms with van der Waals surface area (Å²) in [6.45, 7) is 3.56. The summed E-state index contributed by atoms with van der Waals surface area (Å²) < 4.78 is 1.91. The topological polar surface area (TPSA) is 58.3 Å². The van der Waals surface area contributed by atoms with Gasteiger partial charge in [0.15, 0.2) is 5.96 Å². The number of aliphatic imine (C=N–C) groups is 1. The van der Waals surface area contributed by atoms with Crippen molar-refractivity contribution in [2.75, 3.05) is 14.1 Å². The van der Waals surface area contributed by atoms with E-state index in [4.69, 9.17) is 0 Å². The molecule has 0 amide bonds. The smallest absolute Gasteiger partial charge is 0.193 e. The van der Waals surface area contributed by atoms with Crippen molar-refractivity contribution in [2.45, 2.75) is 20.0 Å². The predicted octanol–water partition coefficient (Wildman–Crippen LogP) is 2.78. The molecule has 1 N–H and O–H groups in total. The number of nitrogens with one attached hydrogen (secondary N) is 1. The average molecular weight is 348 g/mol. The van der Waals surface area contributed by atoms with Crippen molar-refractivity contribution < 1.29 is 0 Å². The molecule has 0 aliphatic carbocycles. The van der Waals surface area contributed by atoms with Gasteiger partial charge in [0.05, 0.1) is 0 Å². The standard InChI is InChI=1S/C20H24N6/c1-16-7-4-5-8-18(16)14-25(3)20(21-2)24-13-17-9-6-10-23-19(17)26-12-11-22-15-26/h4-12,15H,13-14H2,1-3H3,(H,21,24). The summed E-state index contributed by atoms with van der Waals surface area (Å²) in [5.41, 5.74) is 3.65. The second-order valence-electron chi connectivity index (χ2n) is 6.14. The van der Waals surface area contributed by atoms with Crippen molar-refractivity contribution >= 4 is 5.96 Å². The van der Waals surface area contributed by atoms with Crippen molar-refractivity contribution in [3.63, 3.8) is 0 Å². The number of rotatable bonds is 5. The monoisotopic (exact) mass is 348 g/mol. The summed E-state index contributed by atoms with van der Waals surface area (Å²) in [4.78, 5) is 15.1. The normalized spacial score (nSPS) is 11.4. The van der Waals surface area contributed by atoms with Gasteiger partial charge in [0.2, 0.25) is 0 Å².